The maximum absolute atomic E-state index is 12.4. The van der Waals surface area contributed by atoms with Crippen LogP contribution in [0.4, 0.5) is 5.69 Å². The summed E-state index contributed by atoms with van der Waals surface area (Å²) in [6.45, 7) is 2.76. The molecule has 3 rings (SSSR count). The molecule has 8 heteroatoms. The lowest BCUT2D eigenvalue weighted by molar-refractivity contribution is 0.102. The number of carbonyl (C=O) groups excluding carboxylic acids is 1. The van der Waals surface area contributed by atoms with Crippen molar-refractivity contribution in [1.82, 2.24) is 4.72 Å². The number of rotatable bonds is 6. The molecule has 1 saturated heterocycles. The van der Waals surface area contributed by atoms with Gasteiger partial charge in [0, 0.05) is 29.4 Å². The Hall–Kier alpha value is -1.93. The summed E-state index contributed by atoms with van der Waals surface area (Å²) >= 11 is 5.91. The Balaban J connectivity index is 1.65. The van der Waals surface area contributed by atoms with E-state index in [1.807, 2.05) is 6.92 Å². The Kier molecular flexibility index (Phi) is 6.16. The predicted octanol–water partition coefficient (Wildman–Crippen LogP) is 3.36. The van der Waals surface area contributed by atoms with Crippen molar-refractivity contribution in [1.29, 1.82) is 0 Å². The molecule has 1 fully saturated rings. The topological polar surface area (TPSA) is 84.5 Å². The highest BCUT2D eigenvalue weighted by molar-refractivity contribution is 7.89. The first-order chi connectivity index (χ1) is 12.8. The van der Waals surface area contributed by atoms with Crippen molar-refractivity contribution in [2.75, 3.05) is 18.5 Å². The minimum atomic E-state index is -3.64. The molecule has 0 radical (unpaired) electrons. The lowest BCUT2D eigenvalue weighted by Gasteiger charge is -2.12. The molecule has 6 nitrogen and oxygen atoms in total. The molecule has 0 aromatic heterocycles. The van der Waals surface area contributed by atoms with E-state index in [2.05, 4.69) is 10.0 Å². The summed E-state index contributed by atoms with van der Waals surface area (Å²) < 4.78 is 32.7. The van der Waals surface area contributed by atoms with Crippen LogP contribution in [0.2, 0.25) is 5.02 Å². The van der Waals surface area contributed by atoms with Crippen LogP contribution in [0.25, 0.3) is 0 Å². The summed E-state index contributed by atoms with van der Waals surface area (Å²) in [5, 5.41) is 3.39. The molecule has 2 aromatic carbocycles. The summed E-state index contributed by atoms with van der Waals surface area (Å²) in [6.07, 6.45) is 1.72. The van der Waals surface area contributed by atoms with Crippen molar-refractivity contribution in [3.63, 3.8) is 0 Å². The highest BCUT2D eigenvalue weighted by Crippen LogP contribution is 2.21. The number of sulfonamides is 1. The van der Waals surface area contributed by atoms with E-state index in [-0.39, 0.29) is 23.5 Å². The zero-order valence-electron chi connectivity index (χ0n) is 14.9. The molecular formula is C19H21ClN2O4S. The zero-order valence-corrected chi connectivity index (χ0v) is 16.4. The Labute approximate surface area is 163 Å². The van der Waals surface area contributed by atoms with Gasteiger partial charge in [-0.3, -0.25) is 4.79 Å². The summed E-state index contributed by atoms with van der Waals surface area (Å²) in [4.78, 5) is 12.5. The Morgan fingerprint density at radius 3 is 2.59 bits per heavy atom. The van der Waals surface area contributed by atoms with Gasteiger partial charge in [-0.2, -0.15) is 0 Å². The predicted molar refractivity (Wildman–Crippen MR) is 105 cm³/mol. The van der Waals surface area contributed by atoms with Gasteiger partial charge in [0.2, 0.25) is 10.0 Å². The third-order valence-electron chi connectivity index (χ3n) is 4.39. The molecule has 1 aliphatic heterocycles. The highest BCUT2D eigenvalue weighted by atomic mass is 35.5. The van der Waals surface area contributed by atoms with E-state index >= 15 is 0 Å². The second-order valence-corrected chi connectivity index (χ2v) is 8.63. The van der Waals surface area contributed by atoms with E-state index in [1.165, 1.54) is 24.3 Å². The van der Waals surface area contributed by atoms with Gasteiger partial charge < -0.3 is 10.1 Å². The fraction of sp³-hybridized carbons (Fsp3) is 0.316. The van der Waals surface area contributed by atoms with Gasteiger partial charge in [-0.15, -0.1) is 0 Å². The number of anilines is 1. The number of carbonyl (C=O) groups is 1. The van der Waals surface area contributed by atoms with Crippen LogP contribution in [0, 0.1) is 6.92 Å². The first-order valence-corrected chi connectivity index (χ1v) is 10.5. The molecule has 2 N–H and O–H groups in total. The summed E-state index contributed by atoms with van der Waals surface area (Å²) in [6, 6.07) is 11.0. The first-order valence-electron chi connectivity index (χ1n) is 8.64. The molecule has 1 aliphatic rings. The third-order valence-corrected chi connectivity index (χ3v) is 6.06. The third kappa shape index (κ3) is 5.07. The fourth-order valence-corrected chi connectivity index (χ4v) is 4.13. The smallest absolute Gasteiger partial charge is 0.255 e. The van der Waals surface area contributed by atoms with Crippen LogP contribution in [0.5, 0.6) is 0 Å². The van der Waals surface area contributed by atoms with Crippen molar-refractivity contribution in [2.24, 2.45) is 0 Å². The number of amides is 1. The molecule has 2 aromatic rings. The van der Waals surface area contributed by atoms with Gasteiger partial charge >= 0.3 is 0 Å². The van der Waals surface area contributed by atoms with Crippen molar-refractivity contribution >= 4 is 33.2 Å². The van der Waals surface area contributed by atoms with E-state index in [4.69, 9.17) is 16.3 Å². The molecule has 0 spiro atoms. The van der Waals surface area contributed by atoms with Gasteiger partial charge in [0.15, 0.2) is 0 Å². The number of ether oxygens (including phenoxy) is 1. The Morgan fingerprint density at radius 1 is 1.22 bits per heavy atom. The van der Waals surface area contributed by atoms with Crippen molar-refractivity contribution in [3.05, 3.63) is 58.6 Å². The molecule has 0 bridgehead atoms. The number of benzene rings is 2. The Morgan fingerprint density at radius 2 is 1.96 bits per heavy atom. The quantitative estimate of drug-likeness (QED) is 0.767. The molecule has 1 atom stereocenters. The molecule has 0 saturated carbocycles. The highest BCUT2D eigenvalue weighted by Gasteiger charge is 2.20. The van der Waals surface area contributed by atoms with Crippen molar-refractivity contribution in [3.8, 4) is 0 Å². The summed E-state index contributed by atoms with van der Waals surface area (Å²) in [5.74, 6) is -0.323. The van der Waals surface area contributed by atoms with Gasteiger partial charge in [-0.05, 0) is 67.8 Å². The largest absolute Gasteiger partial charge is 0.377 e. The van der Waals surface area contributed by atoms with E-state index < -0.39 is 10.0 Å². The second kappa shape index (κ2) is 8.39. The fourth-order valence-electron chi connectivity index (χ4n) is 2.84. The number of hydrogen-bond donors (Lipinski definition) is 2. The van der Waals surface area contributed by atoms with E-state index in [1.54, 1.807) is 18.2 Å². The summed E-state index contributed by atoms with van der Waals surface area (Å²) in [5.41, 5.74) is 1.86. The van der Waals surface area contributed by atoms with Crippen LogP contribution in [-0.4, -0.2) is 33.6 Å². The van der Waals surface area contributed by atoms with Gasteiger partial charge in [0.1, 0.15) is 0 Å². The zero-order chi connectivity index (χ0) is 19.4. The van der Waals surface area contributed by atoms with Crippen molar-refractivity contribution in [2.45, 2.75) is 30.8 Å². The minimum Gasteiger partial charge on any atom is -0.377 e. The van der Waals surface area contributed by atoms with Crippen LogP contribution in [-0.2, 0) is 14.8 Å². The molecule has 1 amide bonds. The second-order valence-electron chi connectivity index (χ2n) is 6.42. The maximum Gasteiger partial charge on any atom is 0.255 e. The van der Waals surface area contributed by atoms with Gasteiger partial charge in [-0.25, -0.2) is 13.1 Å². The lowest BCUT2D eigenvalue weighted by atomic mass is 10.1. The van der Waals surface area contributed by atoms with E-state index in [0.29, 0.717) is 22.9 Å². The average molecular weight is 409 g/mol. The average Bonchev–Trinajstić information content (AvgIpc) is 3.16. The molecule has 144 valence electrons. The van der Waals surface area contributed by atoms with Crippen LogP contribution in [0.15, 0.2) is 47.4 Å². The molecular weight excluding hydrogens is 388 g/mol. The number of aryl methyl sites for hydroxylation is 1. The van der Waals surface area contributed by atoms with Crippen LogP contribution >= 0.6 is 11.6 Å². The lowest BCUT2D eigenvalue weighted by Crippen LogP contribution is -2.31. The van der Waals surface area contributed by atoms with Gasteiger partial charge in [0.05, 0.1) is 11.0 Å². The normalized spacial score (nSPS) is 17.0. The number of hydrogen-bond acceptors (Lipinski definition) is 4. The van der Waals surface area contributed by atoms with Crippen LogP contribution < -0.4 is 10.0 Å². The number of nitrogens with one attached hydrogen (secondary N) is 2. The maximum atomic E-state index is 12.4. The van der Waals surface area contributed by atoms with E-state index in [9.17, 15) is 13.2 Å². The molecule has 27 heavy (non-hydrogen) atoms. The van der Waals surface area contributed by atoms with Gasteiger partial charge in [-0.1, -0.05) is 11.6 Å². The number of halogens is 1. The van der Waals surface area contributed by atoms with Gasteiger partial charge in [0.25, 0.3) is 5.91 Å². The monoisotopic (exact) mass is 408 g/mol. The molecule has 1 heterocycles. The molecule has 0 unspecified atom stereocenters. The Bertz CT molecular complexity index is 923. The van der Waals surface area contributed by atoms with Crippen LogP contribution in [0.1, 0.15) is 28.8 Å². The minimum absolute atomic E-state index is 0.0764. The SMILES string of the molecule is Cc1cc(Cl)ccc1NC(=O)c1ccc(S(=O)(=O)NC[C@@H]2CCCO2)cc1. The first kappa shape index (κ1) is 19.8. The molecule has 0 aliphatic carbocycles. The van der Waals surface area contributed by atoms with E-state index in [0.717, 1.165) is 18.4 Å². The summed E-state index contributed by atoms with van der Waals surface area (Å²) in [7, 11) is -3.64. The standard InChI is InChI=1S/C19H21ClN2O4S/c1-13-11-15(20)6-9-18(13)22-19(23)14-4-7-17(8-5-14)27(24,25)21-12-16-3-2-10-26-16/h4-9,11,16,21H,2-3,10,12H2,1H3,(H,22,23)/t16-/m0/s1. The van der Waals surface area contributed by atoms with Crippen molar-refractivity contribution < 1.29 is 17.9 Å². The van der Waals surface area contributed by atoms with Crippen LogP contribution in [0.3, 0.4) is 0 Å².